The third-order valence-electron chi connectivity index (χ3n) is 4.32. The van der Waals surface area contributed by atoms with Crippen molar-refractivity contribution in [3.63, 3.8) is 0 Å². The van der Waals surface area contributed by atoms with Crippen LogP contribution in [-0.4, -0.2) is 36.3 Å². The number of hydrogen-bond donors (Lipinski definition) is 1. The monoisotopic (exact) mass is 394 g/mol. The number of anilines is 1. The summed E-state index contributed by atoms with van der Waals surface area (Å²) in [6, 6.07) is 13.2. The average molecular weight is 394 g/mol. The number of aromatic nitrogens is 3. The van der Waals surface area contributed by atoms with Crippen molar-refractivity contribution in [1.82, 2.24) is 14.5 Å². The predicted molar refractivity (Wildman–Crippen MR) is 109 cm³/mol. The van der Waals surface area contributed by atoms with Gasteiger partial charge in [0.2, 0.25) is 10.0 Å². The number of hydrogen-bond acceptors (Lipinski definition) is 5. The summed E-state index contributed by atoms with van der Waals surface area (Å²) in [6.45, 7) is 0. The Morgan fingerprint density at radius 1 is 1.11 bits per heavy atom. The number of pyridine rings is 1. The zero-order valence-corrected chi connectivity index (χ0v) is 16.1. The van der Waals surface area contributed by atoms with Crippen LogP contribution in [0.25, 0.3) is 27.8 Å². The minimum absolute atomic E-state index is 0.381. The molecular formula is C20H18N4O3S. The van der Waals surface area contributed by atoms with Gasteiger partial charge in [-0.2, -0.15) is 0 Å². The van der Waals surface area contributed by atoms with Crippen molar-refractivity contribution in [1.29, 1.82) is 0 Å². The van der Waals surface area contributed by atoms with Crippen molar-refractivity contribution in [3.05, 3.63) is 67.3 Å². The highest BCUT2D eigenvalue weighted by Gasteiger charge is 2.14. The molecule has 142 valence electrons. The van der Waals surface area contributed by atoms with Crippen LogP contribution in [0.3, 0.4) is 0 Å². The Morgan fingerprint density at radius 3 is 2.75 bits per heavy atom. The molecule has 4 aromatic rings. The maximum atomic E-state index is 11.6. The normalized spacial score (nSPS) is 11.5. The van der Waals surface area contributed by atoms with Gasteiger partial charge in [0.1, 0.15) is 11.6 Å². The molecule has 0 saturated carbocycles. The zero-order chi connectivity index (χ0) is 19.7. The van der Waals surface area contributed by atoms with Crippen LogP contribution in [0.1, 0.15) is 0 Å². The Kier molecular flexibility index (Phi) is 4.48. The first-order valence-electron chi connectivity index (χ1n) is 8.49. The molecule has 2 aromatic heterocycles. The summed E-state index contributed by atoms with van der Waals surface area (Å²) in [7, 11) is -1.91. The molecule has 1 N–H and O–H groups in total. The van der Waals surface area contributed by atoms with E-state index in [2.05, 4.69) is 14.7 Å². The Bertz CT molecular complexity index is 1260. The van der Waals surface area contributed by atoms with E-state index in [1.165, 1.54) is 7.11 Å². The Balaban J connectivity index is 1.83. The molecular weight excluding hydrogens is 376 g/mol. The second kappa shape index (κ2) is 6.97. The summed E-state index contributed by atoms with van der Waals surface area (Å²) in [5.41, 5.74) is 2.16. The van der Waals surface area contributed by atoms with Crippen LogP contribution in [0.4, 0.5) is 5.69 Å². The van der Waals surface area contributed by atoms with E-state index in [9.17, 15) is 8.42 Å². The lowest BCUT2D eigenvalue weighted by atomic mass is 10.1. The number of sulfonamides is 1. The summed E-state index contributed by atoms with van der Waals surface area (Å²) >= 11 is 0. The molecule has 2 heterocycles. The molecule has 0 aliphatic rings. The van der Waals surface area contributed by atoms with E-state index in [0.717, 1.165) is 34.1 Å². The fraction of sp³-hybridized carbons (Fsp3) is 0.100. The van der Waals surface area contributed by atoms with Gasteiger partial charge in [-0.05, 0) is 23.6 Å². The molecule has 0 aliphatic heterocycles. The standard InChI is InChI=1S/C20H18N4O3S/c1-27-19-12-15(6-7-18(19)23-28(2,25)26)24-11-10-22-20(24)17-5-3-4-14-13-21-9-8-16(14)17/h3-13,23H,1-2H3. The van der Waals surface area contributed by atoms with Gasteiger partial charge < -0.3 is 4.74 Å². The van der Waals surface area contributed by atoms with Crippen LogP contribution in [-0.2, 0) is 10.0 Å². The third-order valence-corrected chi connectivity index (χ3v) is 4.91. The molecule has 7 nitrogen and oxygen atoms in total. The van der Waals surface area contributed by atoms with Gasteiger partial charge in [0.05, 0.1) is 24.7 Å². The quantitative estimate of drug-likeness (QED) is 0.560. The highest BCUT2D eigenvalue weighted by Crippen LogP contribution is 2.32. The van der Waals surface area contributed by atoms with Crippen molar-refractivity contribution in [2.24, 2.45) is 0 Å². The van der Waals surface area contributed by atoms with E-state index < -0.39 is 10.0 Å². The first kappa shape index (κ1) is 18.0. The summed E-state index contributed by atoms with van der Waals surface area (Å²) in [4.78, 5) is 8.72. The van der Waals surface area contributed by atoms with Gasteiger partial charge in [-0.25, -0.2) is 13.4 Å². The summed E-state index contributed by atoms with van der Waals surface area (Å²) in [5.74, 6) is 1.19. The van der Waals surface area contributed by atoms with Gasteiger partial charge in [0.15, 0.2) is 0 Å². The van der Waals surface area contributed by atoms with Gasteiger partial charge in [-0.15, -0.1) is 0 Å². The highest BCUT2D eigenvalue weighted by atomic mass is 32.2. The van der Waals surface area contributed by atoms with Gasteiger partial charge in [0, 0.05) is 41.8 Å². The maximum Gasteiger partial charge on any atom is 0.229 e. The van der Waals surface area contributed by atoms with Gasteiger partial charge in [0.25, 0.3) is 0 Å². The fourth-order valence-electron chi connectivity index (χ4n) is 3.14. The second-order valence-electron chi connectivity index (χ2n) is 6.28. The van der Waals surface area contributed by atoms with Crippen LogP contribution in [0.15, 0.2) is 67.3 Å². The van der Waals surface area contributed by atoms with Crippen molar-refractivity contribution in [2.45, 2.75) is 0 Å². The number of imidazole rings is 1. The first-order chi connectivity index (χ1) is 13.5. The summed E-state index contributed by atoms with van der Waals surface area (Å²) in [5, 5.41) is 2.08. The number of fused-ring (bicyclic) bond motifs is 1. The minimum Gasteiger partial charge on any atom is -0.494 e. The highest BCUT2D eigenvalue weighted by molar-refractivity contribution is 7.92. The lowest BCUT2D eigenvalue weighted by Crippen LogP contribution is -2.10. The molecule has 0 atom stereocenters. The van der Waals surface area contributed by atoms with Gasteiger partial charge in [-0.1, -0.05) is 18.2 Å². The average Bonchev–Trinajstić information content (AvgIpc) is 3.16. The van der Waals surface area contributed by atoms with Crippen LogP contribution in [0, 0.1) is 0 Å². The SMILES string of the molecule is COc1cc(-n2ccnc2-c2cccc3cnccc23)ccc1NS(C)(=O)=O. The molecule has 0 amide bonds. The molecule has 0 spiro atoms. The molecule has 2 aromatic carbocycles. The van der Waals surface area contributed by atoms with E-state index >= 15 is 0 Å². The molecule has 0 unspecified atom stereocenters. The lowest BCUT2D eigenvalue weighted by Gasteiger charge is -2.14. The second-order valence-corrected chi connectivity index (χ2v) is 8.03. The first-order valence-corrected chi connectivity index (χ1v) is 10.4. The summed E-state index contributed by atoms with van der Waals surface area (Å²) < 4.78 is 32.9. The van der Waals surface area contributed by atoms with Crippen LogP contribution >= 0.6 is 0 Å². The molecule has 0 saturated heterocycles. The van der Waals surface area contributed by atoms with E-state index in [1.54, 1.807) is 24.5 Å². The third kappa shape index (κ3) is 3.41. The van der Waals surface area contributed by atoms with E-state index in [-0.39, 0.29) is 0 Å². The summed E-state index contributed by atoms with van der Waals surface area (Å²) in [6.07, 6.45) is 8.26. The van der Waals surface area contributed by atoms with Crippen LogP contribution in [0.5, 0.6) is 5.75 Å². The number of nitrogens with one attached hydrogen (secondary N) is 1. The van der Waals surface area contributed by atoms with E-state index in [1.807, 2.05) is 47.3 Å². The molecule has 0 bridgehead atoms. The molecule has 28 heavy (non-hydrogen) atoms. The zero-order valence-electron chi connectivity index (χ0n) is 15.3. The number of benzene rings is 2. The van der Waals surface area contributed by atoms with Crippen molar-refractivity contribution < 1.29 is 13.2 Å². The van der Waals surface area contributed by atoms with Crippen molar-refractivity contribution in [3.8, 4) is 22.8 Å². The van der Waals surface area contributed by atoms with E-state index in [0.29, 0.717) is 11.4 Å². The molecule has 4 rings (SSSR count). The number of methoxy groups -OCH3 is 1. The maximum absolute atomic E-state index is 11.6. The fourth-order valence-corrected chi connectivity index (χ4v) is 3.71. The predicted octanol–water partition coefficient (Wildman–Crippen LogP) is 3.47. The smallest absolute Gasteiger partial charge is 0.229 e. The van der Waals surface area contributed by atoms with Crippen molar-refractivity contribution >= 4 is 26.5 Å². The largest absolute Gasteiger partial charge is 0.494 e. The number of rotatable bonds is 5. The topological polar surface area (TPSA) is 86.1 Å². The molecule has 0 aliphatic carbocycles. The Morgan fingerprint density at radius 2 is 1.96 bits per heavy atom. The molecule has 8 heteroatoms. The molecule has 0 fully saturated rings. The van der Waals surface area contributed by atoms with Crippen LogP contribution < -0.4 is 9.46 Å². The van der Waals surface area contributed by atoms with Gasteiger partial charge in [-0.3, -0.25) is 14.3 Å². The Hall–Kier alpha value is -3.39. The Labute approximate surface area is 162 Å². The minimum atomic E-state index is -3.41. The van der Waals surface area contributed by atoms with Gasteiger partial charge >= 0.3 is 0 Å². The van der Waals surface area contributed by atoms with Crippen molar-refractivity contribution in [2.75, 3.05) is 18.1 Å². The number of nitrogens with zero attached hydrogens (tertiary/aromatic N) is 3. The van der Waals surface area contributed by atoms with Crippen LogP contribution in [0.2, 0.25) is 0 Å². The van der Waals surface area contributed by atoms with E-state index in [4.69, 9.17) is 4.74 Å². The molecule has 0 radical (unpaired) electrons. The number of ether oxygens (including phenoxy) is 1. The lowest BCUT2D eigenvalue weighted by molar-refractivity contribution is 0.416.